The van der Waals surface area contributed by atoms with Crippen LogP contribution in [0.2, 0.25) is 0 Å². The molecule has 1 aliphatic carbocycles. The lowest BCUT2D eigenvalue weighted by molar-refractivity contribution is 0.103. The number of benzene rings is 2. The molecule has 0 aromatic heterocycles. The number of ether oxygens (including phenoxy) is 5. The van der Waals surface area contributed by atoms with Gasteiger partial charge in [0.15, 0.2) is 28.8 Å². The first-order valence-corrected chi connectivity index (χ1v) is 7.01. The van der Waals surface area contributed by atoms with Gasteiger partial charge in [-0.1, -0.05) is 0 Å². The highest BCUT2D eigenvalue weighted by atomic mass is 16.7. The van der Waals surface area contributed by atoms with Crippen LogP contribution in [0, 0.1) is 0 Å². The van der Waals surface area contributed by atoms with Crippen LogP contribution in [0.15, 0.2) is 18.2 Å². The second-order valence-corrected chi connectivity index (χ2v) is 5.15. The first kappa shape index (κ1) is 13.8. The van der Waals surface area contributed by atoms with Crippen molar-refractivity contribution in [3.05, 3.63) is 29.3 Å². The highest BCUT2D eigenvalue weighted by Gasteiger charge is 2.36. The summed E-state index contributed by atoms with van der Waals surface area (Å²) in [4.78, 5) is 12.9. The van der Waals surface area contributed by atoms with Crippen molar-refractivity contribution in [3.63, 3.8) is 0 Å². The summed E-state index contributed by atoms with van der Waals surface area (Å²) in [5, 5.41) is 0. The van der Waals surface area contributed by atoms with E-state index < -0.39 is 0 Å². The van der Waals surface area contributed by atoms with Crippen LogP contribution >= 0.6 is 0 Å². The second-order valence-electron chi connectivity index (χ2n) is 5.15. The minimum absolute atomic E-state index is 0.133. The zero-order chi connectivity index (χ0) is 16.1. The van der Waals surface area contributed by atoms with Gasteiger partial charge in [0.1, 0.15) is 0 Å². The Morgan fingerprint density at radius 2 is 1.48 bits per heavy atom. The summed E-state index contributed by atoms with van der Waals surface area (Å²) in [7, 11) is 4.55. The third-order valence-electron chi connectivity index (χ3n) is 4.10. The monoisotopic (exact) mass is 314 g/mol. The molecule has 0 bridgehead atoms. The lowest BCUT2D eigenvalue weighted by Crippen LogP contribution is -2.03. The minimum Gasteiger partial charge on any atom is -0.493 e. The van der Waals surface area contributed by atoms with Gasteiger partial charge in [-0.3, -0.25) is 4.79 Å². The normalized spacial score (nSPS) is 13.6. The summed E-state index contributed by atoms with van der Waals surface area (Å²) < 4.78 is 26.9. The van der Waals surface area contributed by atoms with E-state index >= 15 is 0 Å². The summed E-state index contributed by atoms with van der Waals surface area (Å²) in [6, 6.07) is 5.30. The van der Waals surface area contributed by atoms with Gasteiger partial charge < -0.3 is 23.7 Å². The van der Waals surface area contributed by atoms with Gasteiger partial charge in [-0.25, -0.2) is 0 Å². The Morgan fingerprint density at radius 1 is 0.826 bits per heavy atom. The van der Waals surface area contributed by atoms with E-state index in [9.17, 15) is 4.79 Å². The molecule has 0 atom stereocenters. The van der Waals surface area contributed by atoms with Crippen LogP contribution in [0.4, 0.5) is 0 Å². The molecule has 4 rings (SSSR count). The van der Waals surface area contributed by atoms with Gasteiger partial charge in [-0.15, -0.1) is 0 Å². The molecule has 0 saturated heterocycles. The van der Waals surface area contributed by atoms with Gasteiger partial charge in [0, 0.05) is 11.1 Å². The number of fused-ring (bicyclic) bond motifs is 4. The molecule has 2 aliphatic rings. The highest BCUT2D eigenvalue weighted by Crippen LogP contribution is 2.52. The molecule has 6 heteroatoms. The van der Waals surface area contributed by atoms with Gasteiger partial charge in [0.05, 0.1) is 26.9 Å². The van der Waals surface area contributed by atoms with E-state index in [1.807, 2.05) is 6.07 Å². The Labute approximate surface area is 132 Å². The molecule has 2 aromatic rings. The summed E-state index contributed by atoms with van der Waals surface area (Å²) in [6.45, 7) is 0.161. The van der Waals surface area contributed by atoms with E-state index in [0.29, 0.717) is 39.9 Å². The molecule has 0 fully saturated rings. The Kier molecular flexibility index (Phi) is 2.87. The topological polar surface area (TPSA) is 63.2 Å². The molecule has 6 nitrogen and oxygen atoms in total. The maximum absolute atomic E-state index is 12.9. The molecule has 1 aliphatic heterocycles. The average Bonchev–Trinajstić information content (AvgIpc) is 3.14. The Balaban J connectivity index is 2.03. The van der Waals surface area contributed by atoms with E-state index in [-0.39, 0.29) is 12.6 Å². The van der Waals surface area contributed by atoms with Crippen molar-refractivity contribution in [1.82, 2.24) is 0 Å². The Morgan fingerprint density at radius 3 is 2.09 bits per heavy atom. The maximum Gasteiger partial charge on any atom is 0.231 e. The van der Waals surface area contributed by atoms with Crippen molar-refractivity contribution in [3.8, 4) is 39.9 Å². The summed E-state index contributed by atoms with van der Waals surface area (Å²) in [6.07, 6.45) is 0. The lowest BCUT2D eigenvalue weighted by Gasteiger charge is -2.15. The fraction of sp³-hybridized carbons (Fsp3) is 0.235. The molecule has 0 saturated carbocycles. The number of carbonyl (C=O) groups excluding carboxylic acids is 1. The smallest absolute Gasteiger partial charge is 0.231 e. The summed E-state index contributed by atoms with van der Waals surface area (Å²) in [5.74, 6) is 2.33. The van der Waals surface area contributed by atoms with E-state index in [2.05, 4.69) is 0 Å². The Hall–Kier alpha value is -2.89. The van der Waals surface area contributed by atoms with Crippen molar-refractivity contribution >= 4 is 5.78 Å². The number of rotatable bonds is 3. The van der Waals surface area contributed by atoms with Gasteiger partial charge in [0.25, 0.3) is 0 Å². The molecule has 23 heavy (non-hydrogen) atoms. The fourth-order valence-corrected chi connectivity index (χ4v) is 3.08. The van der Waals surface area contributed by atoms with Gasteiger partial charge >= 0.3 is 0 Å². The van der Waals surface area contributed by atoms with E-state index in [0.717, 1.165) is 11.1 Å². The first-order chi connectivity index (χ1) is 11.2. The third-order valence-corrected chi connectivity index (χ3v) is 4.10. The predicted molar refractivity (Wildman–Crippen MR) is 81.1 cm³/mol. The van der Waals surface area contributed by atoms with E-state index in [1.54, 1.807) is 19.2 Å². The Bertz CT molecular complexity index is 840. The molecular formula is C17H14O6. The lowest BCUT2D eigenvalue weighted by atomic mass is 10.0. The number of hydrogen-bond acceptors (Lipinski definition) is 6. The van der Waals surface area contributed by atoms with Crippen LogP contribution in [-0.2, 0) is 0 Å². The van der Waals surface area contributed by atoms with Crippen molar-refractivity contribution in [1.29, 1.82) is 0 Å². The quantitative estimate of drug-likeness (QED) is 0.740. The van der Waals surface area contributed by atoms with Crippen molar-refractivity contribution in [2.45, 2.75) is 0 Å². The summed E-state index contributed by atoms with van der Waals surface area (Å²) in [5.41, 5.74) is 2.52. The molecule has 1 heterocycles. The fourth-order valence-electron chi connectivity index (χ4n) is 3.08. The standard InChI is InChI=1S/C17H14O6/c1-19-13-5-9-8-4-11-12(23-7-22-11)6-10(8)15(18)14(9)17(21-3)16(13)20-2/h4-6H,7H2,1-3H3. The first-order valence-electron chi connectivity index (χ1n) is 7.01. The van der Waals surface area contributed by atoms with E-state index in [4.69, 9.17) is 23.7 Å². The van der Waals surface area contributed by atoms with Gasteiger partial charge in [-0.05, 0) is 23.8 Å². The summed E-state index contributed by atoms with van der Waals surface area (Å²) >= 11 is 0. The predicted octanol–water partition coefficient (Wildman–Crippen LogP) is 2.65. The van der Waals surface area contributed by atoms with Crippen molar-refractivity contribution in [2.75, 3.05) is 28.1 Å². The molecule has 0 N–H and O–H groups in total. The van der Waals surface area contributed by atoms with Crippen LogP contribution in [0.3, 0.4) is 0 Å². The molecule has 2 aromatic carbocycles. The van der Waals surface area contributed by atoms with Crippen LogP contribution in [-0.4, -0.2) is 33.9 Å². The molecular weight excluding hydrogens is 300 g/mol. The van der Waals surface area contributed by atoms with Crippen LogP contribution in [0.1, 0.15) is 15.9 Å². The number of ketones is 1. The van der Waals surface area contributed by atoms with Crippen molar-refractivity contribution in [2.24, 2.45) is 0 Å². The van der Waals surface area contributed by atoms with Crippen LogP contribution < -0.4 is 23.7 Å². The molecule has 0 amide bonds. The highest BCUT2D eigenvalue weighted by molar-refractivity contribution is 6.24. The SMILES string of the molecule is COc1cc2c(c(OC)c1OC)C(=O)c1cc3c(cc1-2)OCO3. The van der Waals surface area contributed by atoms with Crippen LogP contribution in [0.5, 0.6) is 28.7 Å². The largest absolute Gasteiger partial charge is 0.493 e. The maximum atomic E-state index is 12.9. The zero-order valence-corrected chi connectivity index (χ0v) is 12.9. The zero-order valence-electron chi connectivity index (χ0n) is 12.9. The third kappa shape index (κ3) is 1.72. The van der Waals surface area contributed by atoms with Crippen LogP contribution in [0.25, 0.3) is 11.1 Å². The van der Waals surface area contributed by atoms with Gasteiger partial charge in [-0.2, -0.15) is 0 Å². The molecule has 0 spiro atoms. The number of carbonyl (C=O) groups is 1. The molecule has 0 unspecified atom stereocenters. The average molecular weight is 314 g/mol. The van der Waals surface area contributed by atoms with E-state index in [1.165, 1.54) is 14.2 Å². The van der Waals surface area contributed by atoms with Gasteiger partial charge in [0.2, 0.25) is 12.5 Å². The molecule has 0 radical (unpaired) electrons. The number of methoxy groups -OCH3 is 3. The van der Waals surface area contributed by atoms with Crippen molar-refractivity contribution < 1.29 is 28.5 Å². The minimum atomic E-state index is -0.133. The molecule has 118 valence electrons. The number of hydrogen-bond donors (Lipinski definition) is 0. The second kappa shape index (κ2) is 4.81.